The summed E-state index contributed by atoms with van der Waals surface area (Å²) in [5.41, 5.74) is 6.87. The smallest absolute Gasteiger partial charge is 0.167 e. The van der Waals surface area contributed by atoms with Gasteiger partial charge in [0.05, 0.1) is 12.4 Å². The minimum absolute atomic E-state index is 0.257. The maximum absolute atomic E-state index is 10.9. The van der Waals surface area contributed by atoms with E-state index in [0.717, 1.165) is 19.3 Å². The van der Waals surface area contributed by atoms with E-state index in [0.29, 0.717) is 29.3 Å². The number of rotatable bonds is 5. The molecule has 5 atom stereocenters. The second-order valence-electron chi connectivity index (χ2n) is 6.49. The predicted octanol–water partition coefficient (Wildman–Crippen LogP) is 0.942. The van der Waals surface area contributed by atoms with Gasteiger partial charge in [0.25, 0.3) is 0 Å². The molecule has 0 amide bonds. The highest BCUT2D eigenvalue weighted by atomic mass is 32.2. The van der Waals surface area contributed by atoms with Gasteiger partial charge in [-0.15, -0.1) is 0 Å². The lowest BCUT2D eigenvalue weighted by molar-refractivity contribution is -0.206. The first-order chi connectivity index (χ1) is 12.7. The minimum atomic E-state index is -0.869. The Bertz CT molecular complexity index is 753. The van der Waals surface area contributed by atoms with Crippen LogP contribution in [-0.4, -0.2) is 67.8 Å². The molecule has 0 radical (unpaired) electrons. The number of aliphatic hydroxyl groups is 1. The molecule has 2 aromatic heterocycles. The molecule has 3 N–H and O–H groups in total. The molecule has 2 saturated heterocycles. The molecule has 0 bridgehead atoms. The molecule has 4 heterocycles. The molecule has 2 aliphatic rings. The molecule has 142 valence electrons. The summed E-state index contributed by atoms with van der Waals surface area (Å²) in [5, 5.41) is 10.9. The van der Waals surface area contributed by atoms with Gasteiger partial charge in [0.1, 0.15) is 24.1 Å². The number of fused-ring (bicyclic) bond motifs is 1. The van der Waals surface area contributed by atoms with Gasteiger partial charge < -0.3 is 25.1 Å². The number of aromatic nitrogens is 4. The molecule has 9 nitrogen and oxygen atoms in total. The largest absolute Gasteiger partial charge is 0.386 e. The van der Waals surface area contributed by atoms with Crippen molar-refractivity contribution >= 4 is 28.7 Å². The molecule has 2 fully saturated rings. The zero-order valence-electron chi connectivity index (χ0n) is 14.5. The Kier molecular flexibility index (Phi) is 5.28. The topological polar surface area (TPSA) is 118 Å². The third-order valence-electron chi connectivity index (χ3n) is 4.75. The minimum Gasteiger partial charge on any atom is -0.386 e. The van der Waals surface area contributed by atoms with Crippen LogP contribution >= 0.6 is 11.8 Å². The van der Waals surface area contributed by atoms with Gasteiger partial charge in [0.2, 0.25) is 0 Å². The molecule has 2 aliphatic heterocycles. The number of thioether (sulfide) groups is 1. The van der Waals surface area contributed by atoms with Gasteiger partial charge in [-0.2, -0.15) is 11.8 Å². The highest BCUT2D eigenvalue weighted by Gasteiger charge is 2.47. The first-order valence-electron chi connectivity index (χ1n) is 8.71. The van der Waals surface area contributed by atoms with E-state index >= 15 is 0 Å². The van der Waals surface area contributed by atoms with E-state index in [1.54, 1.807) is 22.7 Å². The van der Waals surface area contributed by atoms with Crippen LogP contribution in [0.15, 0.2) is 12.7 Å². The van der Waals surface area contributed by atoms with Gasteiger partial charge in [-0.1, -0.05) is 0 Å². The molecule has 26 heavy (non-hydrogen) atoms. The van der Waals surface area contributed by atoms with Crippen LogP contribution in [-0.2, 0) is 14.2 Å². The maximum Gasteiger partial charge on any atom is 0.167 e. The number of hydrogen-bond donors (Lipinski definition) is 2. The van der Waals surface area contributed by atoms with Crippen LogP contribution < -0.4 is 5.73 Å². The molecule has 2 aromatic rings. The molecular weight excluding hydrogens is 358 g/mol. The first-order valence-corrected chi connectivity index (χ1v) is 10.1. The summed E-state index contributed by atoms with van der Waals surface area (Å²) < 4.78 is 19.6. The van der Waals surface area contributed by atoms with Crippen molar-refractivity contribution in [2.75, 3.05) is 24.3 Å². The van der Waals surface area contributed by atoms with E-state index in [9.17, 15) is 5.11 Å². The van der Waals surface area contributed by atoms with Crippen molar-refractivity contribution in [1.29, 1.82) is 0 Å². The van der Waals surface area contributed by atoms with E-state index < -0.39 is 18.4 Å². The SMILES string of the molecule is CSC[C@H]1OC(n2cnc3c(N)ncnc32)C(O)[C@@H]1OC1CCCCO1. The zero-order valence-corrected chi connectivity index (χ0v) is 15.3. The van der Waals surface area contributed by atoms with Crippen molar-refractivity contribution in [2.24, 2.45) is 0 Å². The van der Waals surface area contributed by atoms with E-state index in [1.165, 1.54) is 6.33 Å². The van der Waals surface area contributed by atoms with Crippen LogP contribution in [0.4, 0.5) is 5.82 Å². The first kappa shape index (κ1) is 17.9. The van der Waals surface area contributed by atoms with Crippen molar-refractivity contribution in [3.05, 3.63) is 12.7 Å². The van der Waals surface area contributed by atoms with Crippen molar-refractivity contribution in [2.45, 2.75) is 50.1 Å². The van der Waals surface area contributed by atoms with Gasteiger partial charge in [-0.25, -0.2) is 15.0 Å². The Labute approximate surface area is 155 Å². The lowest BCUT2D eigenvalue weighted by atomic mass is 10.1. The third kappa shape index (κ3) is 3.27. The van der Waals surface area contributed by atoms with Gasteiger partial charge in [-0.05, 0) is 25.5 Å². The van der Waals surface area contributed by atoms with Crippen molar-refractivity contribution in [1.82, 2.24) is 19.5 Å². The monoisotopic (exact) mass is 381 g/mol. The van der Waals surface area contributed by atoms with Crippen LogP contribution in [0.2, 0.25) is 0 Å². The molecule has 3 unspecified atom stereocenters. The van der Waals surface area contributed by atoms with Gasteiger partial charge in [0, 0.05) is 12.4 Å². The number of anilines is 1. The standard InChI is InChI=1S/C16H23N5O4S/c1-26-6-9-13(25-10-4-2-3-5-23-10)12(22)16(24-9)21-8-20-11-14(17)18-7-19-15(11)21/h7-10,12-13,16,22H,2-6H2,1H3,(H2,17,18,19)/t9-,10?,12?,13-,16?/m1/s1. The van der Waals surface area contributed by atoms with Crippen molar-refractivity contribution < 1.29 is 19.3 Å². The second kappa shape index (κ2) is 7.65. The Balaban J connectivity index is 1.59. The summed E-state index contributed by atoms with van der Waals surface area (Å²) in [6.45, 7) is 0.688. The average Bonchev–Trinajstić information content (AvgIpc) is 3.20. The van der Waals surface area contributed by atoms with Crippen LogP contribution in [0.3, 0.4) is 0 Å². The molecule has 0 spiro atoms. The molecule has 0 saturated carbocycles. The number of ether oxygens (including phenoxy) is 3. The number of nitrogens with two attached hydrogens (primary N) is 1. The number of nitrogen functional groups attached to an aromatic ring is 1. The summed E-state index contributed by atoms with van der Waals surface area (Å²) in [4.78, 5) is 12.4. The normalized spacial score (nSPS) is 32.3. The molecule has 10 heteroatoms. The summed E-state index contributed by atoms with van der Waals surface area (Å²) in [5.74, 6) is 1.000. The highest BCUT2D eigenvalue weighted by Crippen LogP contribution is 2.36. The third-order valence-corrected chi connectivity index (χ3v) is 5.41. The van der Waals surface area contributed by atoms with Crippen LogP contribution in [0.25, 0.3) is 11.2 Å². The van der Waals surface area contributed by atoms with Gasteiger partial charge in [-0.3, -0.25) is 4.57 Å². The lowest BCUT2D eigenvalue weighted by Gasteiger charge is -2.29. The van der Waals surface area contributed by atoms with E-state index in [2.05, 4.69) is 15.0 Å². The fourth-order valence-corrected chi connectivity index (χ4v) is 4.06. The average molecular weight is 381 g/mol. The number of hydrogen-bond acceptors (Lipinski definition) is 9. The summed E-state index contributed by atoms with van der Waals surface area (Å²) >= 11 is 1.64. The van der Waals surface area contributed by atoms with Crippen LogP contribution in [0.5, 0.6) is 0 Å². The van der Waals surface area contributed by atoms with Crippen LogP contribution in [0, 0.1) is 0 Å². The maximum atomic E-state index is 10.9. The van der Waals surface area contributed by atoms with E-state index in [-0.39, 0.29) is 12.4 Å². The summed E-state index contributed by atoms with van der Waals surface area (Å²) in [7, 11) is 0. The number of imidazole rings is 1. The van der Waals surface area contributed by atoms with Crippen molar-refractivity contribution in [3.8, 4) is 0 Å². The molecule has 4 rings (SSSR count). The van der Waals surface area contributed by atoms with Gasteiger partial charge >= 0.3 is 0 Å². The highest BCUT2D eigenvalue weighted by molar-refractivity contribution is 7.98. The van der Waals surface area contributed by atoms with Crippen LogP contribution in [0.1, 0.15) is 25.5 Å². The fourth-order valence-electron chi connectivity index (χ4n) is 3.47. The van der Waals surface area contributed by atoms with Crippen molar-refractivity contribution in [3.63, 3.8) is 0 Å². The van der Waals surface area contributed by atoms with E-state index in [1.807, 2.05) is 6.26 Å². The summed E-state index contributed by atoms with van der Waals surface area (Å²) in [6.07, 6.45) is 5.32. The zero-order chi connectivity index (χ0) is 18.1. The molecule has 0 aliphatic carbocycles. The van der Waals surface area contributed by atoms with Gasteiger partial charge in [0.15, 0.2) is 24.0 Å². The molecule has 0 aromatic carbocycles. The Morgan fingerprint density at radius 2 is 2.27 bits per heavy atom. The number of aliphatic hydroxyl groups excluding tert-OH is 1. The Morgan fingerprint density at radius 3 is 3.04 bits per heavy atom. The molecular formula is C16H23N5O4S. The summed E-state index contributed by atoms with van der Waals surface area (Å²) in [6, 6.07) is 0. The fraction of sp³-hybridized carbons (Fsp3) is 0.688. The second-order valence-corrected chi connectivity index (χ2v) is 7.40. The Morgan fingerprint density at radius 1 is 1.38 bits per heavy atom. The Hall–Kier alpha value is -1.46. The quantitative estimate of drug-likeness (QED) is 0.780. The predicted molar refractivity (Wildman–Crippen MR) is 96.5 cm³/mol. The lowest BCUT2D eigenvalue weighted by Crippen LogP contribution is -2.40. The van der Waals surface area contributed by atoms with E-state index in [4.69, 9.17) is 19.9 Å². The number of nitrogens with zero attached hydrogens (tertiary/aromatic N) is 4.